The van der Waals surface area contributed by atoms with Gasteiger partial charge in [-0.2, -0.15) is 0 Å². The molecule has 0 fully saturated rings. The highest BCUT2D eigenvalue weighted by molar-refractivity contribution is 9.10. The molecule has 0 radical (unpaired) electrons. The molecule has 0 bridgehead atoms. The molecule has 0 unspecified atom stereocenters. The molecule has 0 aliphatic heterocycles. The largest absolute Gasteiger partial charge is 0.388 e. The van der Waals surface area contributed by atoms with Gasteiger partial charge in [-0.15, -0.1) is 12.4 Å². The number of rotatable bonds is 3. The highest BCUT2D eigenvalue weighted by Gasteiger charge is 2.38. The zero-order valence-corrected chi connectivity index (χ0v) is 7.26. The lowest BCUT2D eigenvalue weighted by Gasteiger charge is -2.11. The Balaban J connectivity index is 0. The van der Waals surface area contributed by atoms with Crippen molar-refractivity contribution < 1.29 is 15.1 Å². The average molecular weight is 236 g/mol. The molecule has 10 heavy (non-hydrogen) atoms. The SMILES string of the molecule is Cl.O=[N+]([O-])C(Br)(CO)CO. The lowest BCUT2D eigenvalue weighted by Crippen LogP contribution is -2.39. The van der Waals surface area contributed by atoms with Crippen LogP contribution >= 0.6 is 28.3 Å². The summed E-state index contributed by atoms with van der Waals surface area (Å²) in [5.74, 6) is 0. The van der Waals surface area contributed by atoms with Crippen LogP contribution in [0.25, 0.3) is 0 Å². The Morgan fingerprint density at radius 1 is 1.50 bits per heavy atom. The van der Waals surface area contributed by atoms with Crippen molar-refractivity contribution >= 4 is 28.3 Å². The van der Waals surface area contributed by atoms with Crippen LogP contribution in [-0.4, -0.2) is 32.8 Å². The van der Waals surface area contributed by atoms with Crippen LogP contribution in [0.4, 0.5) is 0 Å². The van der Waals surface area contributed by atoms with Gasteiger partial charge in [-0.3, -0.25) is 10.1 Å². The summed E-state index contributed by atoms with van der Waals surface area (Å²) in [6, 6.07) is 0. The van der Waals surface area contributed by atoms with Gasteiger partial charge in [0.2, 0.25) is 0 Å². The van der Waals surface area contributed by atoms with Gasteiger partial charge in [0.25, 0.3) is 0 Å². The highest BCUT2D eigenvalue weighted by Crippen LogP contribution is 2.15. The molecule has 0 saturated carbocycles. The molecular formula is C3H7BrClNO4. The first-order valence-electron chi connectivity index (χ1n) is 2.12. The minimum absolute atomic E-state index is 0. The first kappa shape index (κ1) is 12.7. The minimum atomic E-state index is -1.77. The van der Waals surface area contributed by atoms with Crippen LogP contribution < -0.4 is 0 Å². The molecule has 0 atom stereocenters. The summed E-state index contributed by atoms with van der Waals surface area (Å²) in [5.41, 5.74) is 0. The van der Waals surface area contributed by atoms with Crippen LogP contribution in [0.5, 0.6) is 0 Å². The van der Waals surface area contributed by atoms with Crippen molar-refractivity contribution in [3.8, 4) is 0 Å². The Labute approximate surface area is 71.7 Å². The van der Waals surface area contributed by atoms with Gasteiger partial charge in [0.1, 0.15) is 13.2 Å². The summed E-state index contributed by atoms with van der Waals surface area (Å²) < 4.78 is -1.77. The van der Waals surface area contributed by atoms with Gasteiger partial charge in [0.15, 0.2) is 0 Å². The van der Waals surface area contributed by atoms with E-state index >= 15 is 0 Å². The smallest absolute Gasteiger partial charge is 0.319 e. The average Bonchev–Trinajstić information content (AvgIpc) is 1.86. The van der Waals surface area contributed by atoms with Crippen molar-refractivity contribution in [1.82, 2.24) is 0 Å². The zero-order valence-electron chi connectivity index (χ0n) is 4.86. The second kappa shape index (κ2) is 4.84. The maximum atomic E-state index is 9.92. The number of alkyl halides is 1. The van der Waals surface area contributed by atoms with Gasteiger partial charge < -0.3 is 10.2 Å². The predicted molar refractivity (Wildman–Crippen MR) is 40.1 cm³/mol. The number of aliphatic hydroxyl groups excluding tert-OH is 2. The topological polar surface area (TPSA) is 83.6 Å². The Kier molecular flexibility index (Phi) is 6.16. The third-order valence-electron chi connectivity index (χ3n) is 0.812. The highest BCUT2D eigenvalue weighted by atomic mass is 79.9. The lowest BCUT2D eigenvalue weighted by atomic mass is 10.4. The molecular weight excluding hydrogens is 229 g/mol. The summed E-state index contributed by atoms with van der Waals surface area (Å²) in [6.45, 7) is -1.45. The third kappa shape index (κ3) is 2.78. The molecule has 5 nitrogen and oxygen atoms in total. The van der Waals surface area contributed by atoms with Crippen LogP contribution in [0, 0.1) is 10.1 Å². The van der Waals surface area contributed by atoms with Crippen LogP contribution in [0.3, 0.4) is 0 Å². The maximum absolute atomic E-state index is 9.92. The molecule has 62 valence electrons. The second-order valence-electron chi connectivity index (χ2n) is 1.49. The number of halogens is 2. The van der Waals surface area contributed by atoms with Gasteiger partial charge in [-0.25, -0.2) is 0 Å². The van der Waals surface area contributed by atoms with Crippen molar-refractivity contribution in [1.29, 1.82) is 0 Å². The van der Waals surface area contributed by atoms with Crippen LogP contribution in [0.2, 0.25) is 0 Å². The van der Waals surface area contributed by atoms with E-state index in [9.17, 15) is 10.1 Å². The summed E-state index contributed by atoms with van der Waals surface area (Å²) in [6.07, 6.45) is 0. The van der Waals surface area contributed by atoms with E-state index in [1.807, 2.05) is 0 Å². The van der Waals surface area contributed by atoms with Crippen molar-refractivity contribution in [2.24, 2.45) is 0 Å². The number of nitro groups is 1. The Bertz CT molecular complexity index is 117. The van der Waals surface area contributed by atoms with Crippen molar-refractivity contribution in [3.63, 3.8) is 0 Å². The summed E-state index contributed by atoms with van der Waals surface area (Å²) in [7, 11) is 0. The van der Waals surface area contributed by atoms with Crippen molar-refractivity contribution in [3.05, 3.63) is 10.1 Å². The van der Waals surface area contributed by atoms with E-state index < -0.39 is 22.6 Å². The summed E-state index contributed by atoms with van der Waals surface area (Å²) in [5, 5.41) is 26.5. The molecule has 0 aromatic rings. The molecule has 0 spiro atoms. The van der Waals surface area contributed by atoms with E-state index in [0.29, 0.717) is 0 Å². The fraction of sp³-hybridized carbons (Fsp3) is 1.00. The summed E-state index contributed by atoms with van der Waals surface area (Å²) in [4.78, 5) is 9.14. The van der Waals surface area contributed by atoms with Gasteiger partial charge in [0, 0.05) is 20.9 Å². The number of aliphatic hydroxyl groups is 2. The zero-order chi connectivity index (χ0) is 7.49. The van der Waals surface area contributed by atoms with E-state index in [0.717, 1.165) is 0 Å². The number of hydrogen-bond donors (Lipinski definition) is 2. The van der Waals surface area contributed by atoms with Gasteiger partial charge >= 0.3 is 4.45 Å². The maximum Gasteiger partial charge on any atom is 0.319 e. The molecule has 0 aliphatic rings. The number of hydrogen-bond acceptors (Lipinski definition) is 4. The normalized spacial score (nSPS) is 10.3. The van der Waals surface area contributed by atoms with E-state index in [4.69, 9.17) is 10.2 Å². The van der Waals surface area contributed by atoms with E-state index in [2.05, 4.69) is 15.9 Å². The molecule has 0 heterocycles. The standard InChI is InChI=1S/C3H6BrNO4.ClH/c4-3(1-6,2-7)5(8)9;/h6-7H,1-2H2;1H. The molecule has 0 aromatic carbocycles. The van der Waals surface area contributed by atoms with Gasteiger partial charge in [0.05, 0.1) is 0 Å². The van der Waals surface area contributed by atoms with Crippen molar-refractivity contribution in [2.75, 3.05) is 13.2 Å². The number of nitrogens with zero attached hydrogens (tertiary/aromatic N) is 1. The quantitative estimate of drug-likeness (QED) is 0.307. The fourth-order valence-electron chi connectivity index (χ4n) is 0.165. The van der Waals surface area contributed by atoms with Crippen LogP contribution in [0.1, 0.15) is 0 Å². The van der Waals surface area contributed by atoms with E-state index in [-0.39, 0.29) is 12.4 Å². The Morgan fingerprint density at radius 2 is 1.80 bits per heavy atom. The molecule has 0 saturated heterocycles. The Hall–Kier alpha value is 0.0900. The summed E-state index contributed by atoms with van der Waals surface area (Å²) >= 11 is 2.55. The molecule has 0 rings (SSSR count). The van der Waals surface area contributed by atoms with Gasteiger partial charge in [-0.1, -0.05) is 0 Å². The molecule has 0 aliphatic carbocycles. The monoisotopic (exact) mass is 235 g/mol. The van der Waals surface area contributed by atoms with E-state index in [1.54, 1.807) is 0 Å². The fourth-order valence-corrected chi connectivity index (χ4v) is 0.165. The predicted octanol–water partition coefficient (Wildman–Crippen LogP) is -0.239. The van der Waals surface area contributed by atoms with E-state index in [1.165, 1.54) is 0 Å². The molecule has 0 amide bonds. The van der Waals surface area contributed by atoms with Crippen molar-refractivity contribution in [2.45, 2.75) is 4.45 Å². The van der Waals surface area contributed by atoms with Crippen LogP contribution in [-0.2, 0) is 0 Å². The van der Waals surface area contributed by atoms with Gasteiger partial charge in [-0.05, 0) is 0 Å². The first-order valence-corrected chi connectivity index (χ1v) is 2.91. The third-order valence-corrected chi connectivity index (χ3v) is 1.60. The molecule has 0 aromatic heterocycles. The van der Waals surface area contributed by atoms with Crippen LogP contribution in [0.15, 0.2) is 0 Å². The molecule has 7 heteroatoms. The minimum Gasteiger partial charge on any atom is -0.388 e. The molecule has 2 N–H and O–H groups in total. The second-order valence-corrected chi connectivity index (χ2v) is 2.97. The Morgan fingerprint density at radius 3 is 1.80 bits per heavy atom. The lowest BCUT2D eigenvalue weighted by molar-refractivity contribution is -0.542. The first-order chi connectivity index (χ1) is 4.06.